The standard InChI is InChI=1S/C13H21N3O2/c1-4-7-16(11-5-6-14-8-11)13(17)12-9(2)15-10(3)18-12/h11,14H,4-8H2,1-3H3/t11-/m1/s1. The molecule has 1 atom stereocenters. The van der Waals surface area contributed by atoms with Gasteiger partial charge >= 0.3 is 0 Å². The molecule has 0 radical (unpaired) electrons. The second-order valence-electron chi connectivity index (χ2n) is 4.79. The van der Waals surface area contributed by atoms with Crippen molar-refractivity contribution in [3.8, 4) is 0 Å². The Bertz CT molecular complexity index is 422. The molecule has 1 N–H and O–H groups in total. The minimum atomic E-state index is -0.0244. The summed E-state index contributed by atoms with van der Waals surface area (Å²) in [6.07, 6.45) is 1.96. The number of oxazole rings is 1. The van der Waals surface area contributed by atoms with Crippen LogP contribution in [0.4, 0.5) is 0 Å². The molecule has 1 aliphatic heterocycles. The number of nitrogens with one attached hydrogen (secondary N) is 1. The quantitative estimate of drug-likeness (QED) is 0.881. The van der Waals surface area contributed by atoms with Crippen molar-refractivity contribution >= 4 is 5.91 Å². The summed E-state index contributed by atoms with van der Waals surface area (Å²) in [6.45, 7) is 8.29. The number of hydrogen-bond donors (Lipinski definition) is 1. The second-order valence-corrected chi connectivity index (χ2v) is 4.79. The predicted octanol–water partition coefficient (Wildman–Crippen LogP) is 1.51. The minimum absolute atomic E-state index is 0.0244. The molecule has 1 amide bonds. The minimum Gasteiger partial charge on any atom is -0.436 e. The highest BCUT2D eigenvalue weighted by Crippen LogP contribution is 2.17. The molecule has 2 rings (SSSR count). The lowest BCUT2D eigenvalue weighted by molar-refractivity contribution is 0.0657. The lowest BCUT2D eigenvalue weighted by Crippen LogP contribution is -2.42. The molecule has 1 aromatic rings. The van der Waals surface area contributed by atoms with E-state index in [1.54, 1.807) is 6.92 Å². The maximum atomic E-state index is 12.5. The van der Waals surface area contributed by atoms with Crippen LogP contribution in [0.15, 0.2) is 4.42 Å². The Balaban J connectivity index is 2.19. The average Bonchev–Trinajstić information content (AvgIpc) is 2.95. The van der Waals surface area contributed by atoms with Crippen LogP contribution >= 0.6 is 0 Å². The van der Waals surface area contributed by atoms with Gasteiger partial charge in [-0.25, -0.2) is 4.98 Å². The molecule has 1 saturated heterocycles. The summed E-state index contributed by atoms with van der Waals surface area (Å²) in [5.41, 5.74) is 0.685. The largest absolute Gasteiger partial charge is 0.436 e. The third-order valence-corrected chi connectivity index (χ3v) is 3.30. The molecule has 0 bridgehead atoms. The molecule has 100 valence electrons. The van der Waals surface area contributed by atoms with Crippen LogP contribution in [0.1, 0.15) is 41.9 Å². The maximum Gasteiger partial charge on any atom is 0.291 e. The van der Waals surface area contributed by atoms with Gasteiger partial charge in [0, 0.05) is 26.1 Å². The van der Waals surface area contributed by atoms with Crippen molar-refractivity contribution in [2.75, 3.05) is 19.6 Å². The first-order valence-corrected chi connectivity index (χ1v) is 6.59. The van der Waals surface area contributed by atoms with Gasteiger partial charge in [0.05, 0.1) is 5.69 Å². The number of hydrogen-bond acceptors (Lipinski definition) is 4. The van der Waals surface area contributed by atoms with E-state index in [0.29, 0.717) is 17.3 Å². The van der Waals surface area contributed by atoms with Crippen molar-refractivity contribution < 1.29 is 9.21 Å². The van der Waals surface area contributed by atoms with E-state index in [1.165, 1.54) is 0 Å². The van der Waals surface area contributed by atoms with E-state index in [1.807, 2.05) is 11.8 Å². The maximum absolute atomic E-state index is 12.5. The molecular weight excluding hydrogens is 230 g/mol. The molecule has 1 aliphatic rings. The van der Waals surface area contributed by atoms with Gasteiger partial charge < -0.3 is 14.6 Å². The SMILES string of the molecule is CCCN(C(=O)c1oc(C)nc1C)[C@@H]1CCNC1. The number of carbonyl (C=O) groups excluding carboxylic acids is 1. The third-order valence-electron chi connectivity index (χ3n) is 3.30. The Labute approximate surface area is 108 Å². The van der Waals surface area contributed by atoms with Gasteiger partial charge in [-0.3, -0.25) is 4.79 Å². The van der Waals surface area contributed by atoms with Gasteiger partial charge in [0.15, 0.2) is 5.89 Å². The van der Waals surface area contributed by atoms with Gasteiger partial charge in [-0.2, -0.15) is 0 Å². The summed E-state index contributed by atoms with van der Waals surface area (Å²) in [7, 11) is 0. The Morgan fingerprint density at radius 1 is 1.56 bits per heavy atom. The van der Waals surface area contributed by atoms with Crippen LogP contribution in [0, 0.1) is 13.8 Å². The molecule has 0 unspecified atom stereocenters. The number of aryl methyl sites for hydroxylation is 2. The lowest BCUT2D eigenvalue weighted by atomic mass is 10.2. The Kier molecular flexibility index (Phi) is 4.01. The summed E-state index contributed by atoms with van der Waals surface area (Å²) >= 11 is 0. The zero-order valence-corrected chi connectivity index (χ0v) is 11.3. The fourth-order valence-corrected chi connectivity index (χ4v) is 2.46. The number of rotatable bonds is 4. The van der Waals surface area contributed by atoms with Gasteiger partial charge in [0.25, 0.3) is 5.91 Å². The molecule has 18 heavy (non-hydrogen) atoms. The van der Waals surface area contributed by atoms with Crippen LogP contribution in [0.25, 0.3) is 0 Å². The molecular formula is C13H21N3O2. The first-order chi connectivity index (χ1) is 8.63. The molecule has 0 aliphatic carbocycles. The number of carbonyl (C=O) groups is 1. The highest BCUT2D eigenvalue weighted by atomic mass is 16.4. The molecule has 2 heterocycles. The molecule has 1 fully saturated rings. The van der Waals surface area contributed by atoms with Crippen LogP contribution in [0.5, 0.6) is 0 Å². The molecule has 5 heteroatoms. The van der Waals surface area contributed by atoms with Crippen molar-refractivity contribution in [2.45, 2.75) is 39.7 Å². The van der Waals surface area contributed by atoms with Gasteiger partial charge in [0.2, 0.25) is 5.76 Å². The average molecular weight is 251 g/mol. The topological polar surface area (TPSA) is 58.4 Å². The van der Waals surface area contributed by atoms with E-state index in [4.69, 9.17) is 4.42 Å². The molecule has 0 spiro atoms. The Hall–Kier alpha value is -1.36. The summed E-state index contributed by atoms with van der Waals surface area (Å²) in [4.78, 5) is 18.6. The number of aromatic nitrogens is 1. The Morgan fingerprint density at radius 3 is 2.83 bits per heavy atom. The summed E-state index contributed by atoms with van der Waals surface area (Å²) in [5, 5.41) is 3.30. The van der Waals surface area contributed by atoms with Gasteiger partial charge in [-0.15, -0.1) is 0 Å². The van der Waals surface area contributed by atoms with E-state index in [-0.39, 0.29) is 11.9 Å². The fourth-order valence-electron chi connectivity index (χ4n) is 2.46. The summed E-state index contributed by atoms with van der Waals surface area (Å²) < 4.78 is 5.44. The highest BCUT2D eigenvalue weighted by Gasteiger charge is 2.29. The van der Waals surface area contributed by atoms with E-state index in [2.05, 4.69) is 17.2 Å². The van der Waals surface area contributed by atoms with E-state index in [9.17, 15) is 4.79 Å². The monoisotopic (exact) mass is 251 g/mol. The Morgan fingerprint density at radius 2 is 2.33 bits per heavy atom. The van der Waals surface area contributed by atoms with Gasteiger partial charge in [-0.1, -0.05) is 6.92 Å². The van der Waals surface area contributed by atoms with Crippen LogP contribution in [0.2, 0.25) is 0 Å². The molecule has 1 aromatic heterocycles. The van der Waals surface area contributed by atoms with Gasteiger partial charge in [-0.05, 0) is 26.3 Å². The summed E-state index contributed by atoms with van der Waals surface area (Å²) in [5.74, 6) is 0.924. The first kappa shape index (κ1) is 13.1. The third kappa shape index (κ3) is 2.56. The first-order valence-electron chi connectivity index (χ1n) is 6.59. The molecule has 0 aromatic carbocycles. The summed E-state index contributed by atoms with van der Waals surface area (Å²) in [6, 6.07) is 0.280. The van der Waals surface area contributed by atoms with Crippen LogP contribution in [-0.2, 0) is 0 Å². The smallest absolute Gasteiger partial charge is 0.291 e. The van der Waals surface area contributed by atoms with Crippen LogP contribution in [-0.4, -0.2) is 41.5 Å². The predicted molar refractivity (Wildman–Crippen MR) is 68.6 cm³/mol. The van der Waals surface area contributed by atoms with Crippen molar-refractivity contribution in [1.82, 2.24) is 15.2 Å². The number of nitrogens with zero attached hydrogens (tertiary/aromatic N) is 2. The van der Waals surface area contributed by atoms with E-state index < -0.39 is 0 Å². The van der Waals surface area contributed by atoms with Gasteiger partial charge in [0.1, 0.15) is 0 Å². The van der Waals surface area contributed by atoms with Crippen molar-refractivity contribution in [1.29, 1.82) is 0 Å². The number of amides is 1. The van der Waals surface area contributed by atoms with E-state index in [0.717, 1.165) is 32.5 Å². The highest BCUT2D eigenvalue weighted by molar-refractivity contribution is 5.92. The zero-order valence-electron chi connectivity index (χ0n) is 11.3. The van der Waals surface area contributed by atoms with E-state index >= 15 is 0 Å². The van der Waals surface area contributed by atoms with Crippen molar-refractivity contribution in [3.05, 3.63) is 17.3 Å². The lowest BCUT2D eigenvalue weighted by Gasteiger charge is -2.27. The van der Waals surface area contributed by atoms with Crippen LogP contribution in [0.3, 0.4) is 0 Å². The van der Waals surface area contributed by atoms with Crippen LogP contribution < -0.4 is 5.32 Å². The fraction of sp³-hybridized carbons (Fsp3) is 0.692. The van der Waals surface area contributed by atoms with Crippen molar-refractivity contribution in [3.63, 3.8) is 0 Å². The second kappa shape index (κ2) is 5.52. The normalized spacial score (nSPS) is 19.2. The molecule has 5 nitrogen and oxygen atoms in total. The zero-order chi connectivity index (χ0) is 13.1. The molecule has 0 saturated carbocycles. The van der Waals surface area contributed by atoms with Crippen molar-refractivity contribution in [2.24, 2.45) is 0 Å².